The fourth-order valence-corrected chi connectivity index (χ4v) is 3.48. The van der Waals surface area contributed by atoms with Crippen LogP contribution in [0.5, 0.6) is 11.8 Å². The predicted octanol–water partition coefficient (Wildman–Crippen LogP) is 3.35. The molecule has 9 nitrogen and oxygen atoms in total. The molecule has 2 atom stereocenters. The van der Waals surface area contributed by atoms with Gasteiger partial charge in [0.2, 0.25) is 11.8 Å². The number of benzene rings is 1. The summed E-state index contributed by atoms with van der Waals surface area (Å²) >= 11 is 1.00. The van der Waals surface area contributed by atoms with Gasteiger partial charge in [-0.15, -0.1) is 0 Å². The minimum atomic E-state index is -1.24. The summed E-state index contributed by atoms with van der Waals surface area (Å²) < 4.78 is 15.2. The number of aromatic nitrogens is 2. The second-order valence-corrected chi connectivity index (χ2v) is 6.53. The van der Waals surface area contributed by atoms with Crippen molar-refractivity contribution >= 4 is 17.7 Å². The van der Waals surface area contributed by atoms with Gasteiger partial charge < -0.3 is 14.2 Å². The van der Waals surface area contributed by atoms with E-state index in [4.69, 9.17) is 19.7 Å². The molecule has 2 aromatic rings. The average Bonchev–Trinajstić information content (AvgIpc) is 2.71. The van der Waals surface area contributed by atoms with E-state index in [0.29, 0.717) is 5.56 Å². The maximum Gasteiger partial charge on any atom is 0.320 e. The fourth-order valence-electron chi connectivity index (χ4n) is 2.38. The Morgan fingerprint density at radius 2 is 1.78 bits per heavy atom. The summed E-state index contributed by atoms with van der Waals surface area (Å²) in [4.78, 5) is 24.0. The van der Waals surface area contributed by atoms with Crippen LogP contribution in [-0.2, 0) is 15.1 Å². The first-order valence-electron chi connectivity index (χ1n) is 7.81. The standard InChI is InChI=1S/C17H19N5O4S/c1-17(21-22-18,11-8-6-5-7-9-11)14(15(23)26-4)27-16-19-12(24-2)10-13(20-16)25-3/h5-10,14H,1-4H3. The number of carbonyl (C=O) groups excluding carboxylic acids is 1. The molecule has 0 fully saturated rings. The van der Waals surface area contributed by atoms with Gasteiger partial charge in [-0.25, -0.2) is 0 Å². The van der Waals surface area contributed by atoms with Gasteiger partial charge in [-0.3, -0.25) is 4.79 Å². The van der Waals surface area contributed by atoms with E-state index in [1.165, 1.54) is 27.4 Å². The summed E-state index contributed by atoms with van der Waals surface area (Å²) in [6.07, 6.45) is 0. The Hall–Kier alpha value is -2.97. The maximum atomic E-state index is 12.6. The van der Waals surface area contributed by atoms with Crippen molar-refractivity contribution < 1.29 is 19.0 Å². The lowest BCUT2D eigenvalue weighted by atomic mass is 9.89. The van der Waals surface area contributed by atoms with Crippen LogP contribution in [-0.4, -0.2) is 42.5 Å². The molecule has 0 amide bonds. The predicted molar refractivity (Wildman–Crippen MR) is 99.7 cm³/mol. The Kier molecular flexibility index (Phi) is 6.86. The Morgan fingerprint density at radius 3 is 2.26 bits per heavy atom. The third-order valence-corrected chi connectivity index (χ3v) is 5.12. The van der Waals surface area contributed by atoms with Crippen LogP contribution in [0.4, 0.5) is 0 Å². The van der Waals surface area contributed by atoms with Crippen molar-refractivity contribution in [2.75, 3.05) is 21.3 Å². The molecule has 0 bridgehead atoms. The molecule has 0 saturated heterocycles. The van der Waals surface area contributed by atoms with E-state index < -0.39 is 16.8 Å². The lowest BCUT2D eigenvalue weighted by molar-refractivity contribution is -0.141. The summed E-state index contributed by atoms with van der Waals surface area (Å²) in [5.41, 5.74) is 8.53. The van der Waals surface area contributed by atoms with Crippen molar-refractivity contribution in [2.24, 2.45) is 5.11 Å². The van der Waals surface area contributed by atoms with Crippen LogP contribution in [0.1, 0.15) is 12.5 Å². The second kappa shape index (κ2) is 9.11. The van der Waals surface area contributed by atoms with Crippen molar-refractivity contribution in [1.29, 1.82) is 0 Å². The molecule has 0 spiro atoms. The first-order valence-corrected chi connectivity index (χ1v) is 8.69. The topological polar surface area (TPSA) is 119 Å². The summed E-state index contributed by atoms with van der Waals surface area (Å²) in [5, 5.41) is 3.19. The van der Waals surface area contributed by atoms with Gasteiger partial charge in [0.15, 0.2) is 5.16 Å². The highest BCUT2D eigenvalue weighted by molar-refractivity contribution is 8.00. The molecule has 1 heterocycles. The number of nitrogens with zero attached hydrogens (tertiary/aromatic N) is 5. The largest absolute Gasteiger partial charge is 0.481 e. The maximum absolute atomic E-state index is 12.6. The van der Waals surface area contributed by atoms with Crippen molar-refractivity contribution in [3.05, 3.63) is 52.4 Å². The van der Waals surface area contributed by atoms with Crippen LogP contribution in [0.15, 0.2) is 46.7 Å². The van der Waals surface area contributed by atoms with Gasteiger partial charge in [-0.1, -0.05) is 47.2 Å². The molecular weight excluding hydrogens is 370 g/mol. The molecule has 2 unspecified atom stereocenters. The highest BCUT2D eigenvalue weighted by atomic mass is 32.2. The molecule has 27 heavy (non-hydrogen) atoms. The summed E-state index contributed by atoms with van der Waals surface area (Å²) in [7, 11) is 4.19. The van der Waals surface area contributed by atoms with Crippen molar-refractivity contribution in [2.45, 2.75) is 22.9 Å². The van der Waals surface area contributed by atoms with E-state index in [1.807, 2.05) is 6.07 Å². The molecule has 0 aliphatic heterocycles. The Labute approximate surface area is 160 Å². The van der Waals surface area contributed by atoms with Crippen LogP contribution in [0, 0.1) is 0 Å². The van der Waals surface area contributed by atoms with E-state index >= 15 is 0 Å². The first-order chi connectivity index (χ1) is 13.0. The number of azide groups is 1. The smallest absolute Gasteiger partial charge is 0.320 e. The first kappa shape index (κ1) is 20.3. The van der Waals surface area contributed by atoms with Gasteiger partial charge in [0, 0.05) is 4.91 Å². The van der Waals surface area contributed by atoms with E-state index in [2.05, 4.69) is 20.0 Å². The molecule has 2 rings (SSSR count). The molecule has 0 N–H and O–H groups in total. The number of ether oxygens (including phenoxy) is 3. The molecule has 0 radical (unpaired) electrons. The number of esters is 1. The van der Waals surface area contributed by atoms with Crippen LogP contribution >= 0.6 is 11.8 Å². The minimum absolute atomic E-state index is 0.219. The zero-order valence-corrected chi connectivity index (χ0v) is 16.1. The quantitative estimate of drug-likeness (QED) is 0.169. The summed E-state index contributed by atoms with van der Waals surface area (Å²) in [6, 6.07) is 10.5. The zero-order chi connectivity index (χ0) is 19.9. The van der Waals surface area contributed by atoms with Gasteiger partial charge in [0.1, 0.15) is 5.25 Å². The monoisotopic (exact) mass is 389 g/mol. The number of rotatable bonds is 8. The number of thioether (sulfide) groups is 1. The van der Waals surface area contributed by atoms with Crippen LogP contribution in [0.25, 0.3) is 10.4 Å². The van der Waals surface area contributed by atoms with Gasteiger partial charge in [-0.05, 0) is 18.0 Å². The molecule has 10 heteroatoms. The SMILES string of the molecule is COC(=O)C(Sc1nc(OC)cc(OC)n1)C(C)(N=[N+]=[N-])c1ccccc1. The Bertz CT molecular complexity index is 822. The zero-order valence-electron chi connectivity index (χ0n) is 15.3. The van der Waals surface area contributed by atoms with E-state index in [-0.39, 0.29) is 16.9 Å². The summed E-state index contributed by atoms with van der Waals surface area (Å²) in [5.74, 6) is -0.0273. The molecule has 0 aliphatic rings. The van der Waals surface area contributed by atoms with Gasteiger partial charge in [-0.2, -0.15) is 9.97 Å². The number of hydrogen-bond acceptors (Lipinski definition) is 8. The third-order valence-electron chi connectivity index (χ3n) is 3.84. The van der Waals surface area contributed by atoms with E-state index in [1.54, 1.807) is 31.2 Å². The van der Waals surface area contributed by atoms with Crippen LogP contribution < -0.4 is 9.47 Å². The number of hydrogen-bond donors (Lipinski definition) is 0. The lowest BCUT2D eigenvalue weighted by Crippen LogP contribution is -2.39. The fraction of sp³-hybridized carbons (Fsp3) is 0.353. The van der Waals surface area contributed by atoms with E-state index in [0.717, 1.165) is 11.8 Å². The molecule has 1 aromatic carbocycles. The minimum Gasteiger partial charge on any atom is -0.481 e. The van der Waals surface area contributed by atoms with Crippen molar-refractivity contribution in [3.8, 4) is 11.8 Å². The average molecular weight is 389 g/mol. The number of methoxy groups -OCH3 is 3. The normalized spacial score (nSPS) is 13.6. The summed E-state index contributed by atoms with van der Waals surface area (Å²) in [6.45, 7) is 1.66. The van der Waals surface area contributed by atoms with Crippen LogP contribution in [0.2, 0.25) is 0 Å². The van der Waals surface area contributed by atoms with Gasteiger partial charge >= 0.3 is 5.97 Å². The van der Waals surface area contributed by atoms with Crippen LogP contribution in [0.3, 0.4) is 0 Å². The molecule has 0 saturated carbocycles. The molecular formula is C17H19N5O4S. The number of carbonyl (C=O) groups is 1. The van der Waals surface area contributed by atoms with Gasteiger partial charge in [0.25, 0.3) is 0 Å². The Balaban J connectivity index is 2.54. The molecule has 142 valence electrons. The van der Waals surface area contributed by atoms with Gasteiger partial charge in [0.05, 0.1) is 32.9 Å². The molecule has 1 aromatic heterocycles. The highest BCUT2D eigenvalue weighted by Crippen LogP contribution is 2.40. The molecule has 0 aliphatic carbocycles. The van der Waals surface area contributed by atoms with Crippen molar-refractivity contribution in [1.82, 2.24) is 9.97 Å². The highest BCUT2D eigenvalue weighted by Gasteiger charge is 2.42. The second-order valence-electron chi connectivity index (χ2n) is 5.46. The van der Waals surface area contributed by atoms with Crippen molar-refractivity contribution in [3.63, 3.8) is 0 Å². The third kappa shape index (κ3) is 4.60. The Morgan fingerprint density at radius 1 is 1.19 bits per heavy atom. The lowest BCUT2D eigenvalue weighted by Gasteiger charge is -2.31. The van der Waals surface area contributed by atoms with E-state index in [9.17, 15) is 4.79 Å².